The Bertz CT molecular complexity index is 580. The third-order valence-corrected chi connectivity index (χ3v) is 5.68. The van der Waals surface area contributed by atoms with Crippen molar-refractivity contribution < 1.29 is 9.53 Å². The lowest BCUT2D eigenvalue weighted by Crippen LogP contribution is -2.59. The summed E-state index contributed by atoms with van der Waals surface area (Å²) in [4.78, 5) is 21.0. The van der Waals surface area contributed by atoms with E-state index in [0.29, 0.717) is 6.04 Å². The van der Waals surface area contributed by atoms with Crippen molar-refractivity contribution in [2.45, 2.75) is 43.9 Å². The summed E-state index contributed by atoms with van der Waals surface area (Å²) in [5, 5.41) is 0. The summed E-state index contributed by atoms with van der Waals surface area (Å²) in [5.74, 6) is 0.180. The molecule has 2 aliphatic heterocycles. The Morgan fingerprint density at radius 3 is 2.74 bits per heavy atom. The van der Waals surface area contributed by atoms with Crippen LogP contribution in [0.3, 0.4) is 0 Å². The summed E-state index contributed by atoms with van der Waals surface area (Å²) >= 11 is 3.42. The highest BCUT2D eigenvalue weighted by molar-refractivity contribution is 9.10. The van der Waals surface area contributed by atoms with Crippen LogP contribution in [0, 0.1) is 0 Å². The number of ether oxygens (including phenoxy) is 1. The monoisotopic (exact) mass is 379 g/mol. The molecular weight excluding hydrogens is 358 g/mol. The van der Waals surface area contributed by atoms with E-state index in [-0.39, 0.29) is 18.1 Å². The smallest absolute Gasteiger partial charge is 0.248 e. The molecule has 0 atom stereocenters. The fourth-order valence-corrected chi connectivity index (χ4v) is 3.85. The van der Waals surface area contributed by atoms with Crippen LogP contribution in [-0.4, -0.2) is 58.6 Å². The van der Waals surface area contributed by atoms with Gasteiger partial charge in [0, 0.05) is 36.3 Å². The maximum absolute atomic E-state index is 12.0. The number of hydrogen-bond acceptors (Lipinski definition) is 4. The number of rotatable bonds is 3. The molecule has 3 aliphatic rings. The second kappa shape index (κ2) is 6.15. The minimum Gasteiger partial charge on any atom is -0.363 e. The predicted molar refractivity (Wildman–Crippen MR) is 89.9 cm³/mol. The lowest BCUT2D eigenvalue weighted by atomic mass is 9.89. The Labute approximate surface area is 145 Å². The second-order valence-corrected chi connectivity index (χ2v) is 7.88. The van der Waals surface area contributed by atoms with Gasteiger partial charge in [-0.15, -0.1) is 0 Å². The van der Waals surface area contributed by atoms with Crippen molar-refractivity contribution in [3.8, 4) is 0 Å². The van der Waals surface area contributed by atoms with Crippen molar-refractivity contribution in [3.05, 3.63) is 28.5 Å². The number of hydrogen-bond donors (Lipinski definition) is 0. The van der Waals surface area contributed by atoms with Crippen molar-refractivity contribution in [2.75, 3.05) is 26.2 Å². The normalized spacial score (nSPS) is 25.1. The molecule has 0 N–H and O–H groups in total. The molecule has 1 aromatic rings. The molecule has 0 radical (unpaired) electrons. The van der Waals surface area contributed by atoms with Crippen LogP contribution >= 0.6 is 15.9 Å². The van der Waals surface area contributed by atoms with Crippen LogP contribution in [0.1, 0.15) is 31.4 Å². The highest BCUT2D eigenvalue weighted by atomic mass is 79.9. The molecule has 1 aliphatic carbocycles. The molecule has 3 fully saturated rings. The van der Waals surface area contributed by atoms with Gasteiger partial charge in [-0.2, -0.15) is 0 Å². The van der Waals surface area contributed by atoms with Gasteiger partial charge in [-0.05, 0) is 53.7 Å². The molecule has 5 nitrogen and oxygen atoms in total. The predicted octanol–water partition coefficient (Wildman–Crippen LogP) is 2.20. The van der Waals surface area contributed by atoms with Gasteiger partial charge in [0.25, 0.3) is 0 Å². The van der Waals surface area contributed by atoms with Crippen LogP contribution in [0.25, 0.3) is 0 Å². The number of carbonyl (C=O) groups is 1. The number of halogens is 1. The fourth-order valence-electron chi connectivity index (χ4n) is 3.61. The molecule has 0 unspecified atom stereocenters. The summed E-state index contributed by atoms with van der Waals surface area (Å²) in [7, 11) is 0. The third-order valence-electron chi connectivity index (χ3n) is 5.21. The number of morpholine rings is 1. The Morgan fingerprint density at radius 1 is 1.30 bits per heavy atom. The van der Waals surface area contributed by atoms with Gasteiger partial charge in [0.05, 0.1) is 17.8 Å². The first-order valence-electron chi connectivity index (χ1n) is 8.40. The number of piperidine rings is 1. The lowest BCUT2D eigenvalue weighted by molar-refractivity contribution is -0.172. The Kier molecular flexibility index (Phi) is 4.15. The van der Waals surface area contributed by atoms with E-state index >= 15 is 0 Å². The van der Waals surface area contributed by atoms with Crippen LogP contribution in [-0.2, 0) is 16.1 Å². The molecule has 0 aromatic carbocycles. The summed E-state index contributed by atoms with van der Waals surface area (Å²) in [6, 6.07) is 4.60. The summed E-state index contributed by atoms with van der Waals surface area (Å²) in [6.07, 6.45) is 6.19. The van der Waals surface area contributed by atoms with Gasteiger partial charge in [0.2, 0.25) is 5.91 Å². The van der Waals surface area contributed by atoms with Crippen LogP contribution in [0.2, 0.25) is 0 Å². The number of likely N-dealkylation sites (tertiary alicyclic amines) is 1. The van der Waals surface area contributed by atoms with E-state index in [1.807, 2.05) is 12.3 Å². The van der Waals surface area contributed by atoms with Gasteiger partial charge in [0.1, 0.15) is 6.61 Å². The van der Waals surface area contributed by atoms with Gasteiger partial charge in [-0.25, -0.2) is 0 Å². The first-order chi connectivity index (χ1) is 11.1. The zero-order valence-electron chi connectivity index (χ0n) is 13.2. The van der Waals surface area contributed by atoms with Gasteiger partial charge in [-0.3, -0.25) is 14.7 Å². The van der Waals surface area contributed by atoms with E-state index in [1.165, 1.54) is 12.8 Å². The fraction of sp³-hybridized carbons (Fsp3) is 0.647. The van der Waals surface area contributed by atoms with Crippen LogP contribution < -0.4 is 0 Å². The summed E-state index contributed by atoms with van der Waals surface area (Å²) < 4.78 is 7.01. The molecule has 23 heavy (non-hydrogen) atoms. The molecule has 6 heteroatoms. The van der Waals surface area contributed by atoms with Gasteiger partial charge < -0.3 is 9.64 Å². The lowest BCUT2D eigenvalue weighted by Gasteiger charge is -2.47. The molecule has 124 valence electrons. The molecule has 1 aromatic heterocycles. The average Bonchev–Trinajstić information content (AvgIpc) is 3.39. The van der Waals surface area contributed by atoms with Gasteiger partial charge in [-0.1, -0.05) is 0 Å². The van der Waals surface area contributed by atoms with E-state index in [1.54, 1.807) is 0 Å². The van der Waals surface area contributed by atoms with Gasteiger partial charge in [0.15, 0.2) is 0 Å². The minimum atomic E-state index is -0.111. The Balaban J connectivity index is 1.35. The minimum absolute atomic E-state index is 0.111. The maximum atomic E-state index is 12.0. The molecule has 2 saturated heterocycles. The largest absolute Gasteiger partial charge is 0.363 e. The third kappa shape index (κ3) is 3.44. The molecule has 1 spiro atoms. The van der Waals surface area contributed by atoms with E-state index in [2.05, 4.69) is 36.8 Å². The van der Waals surface area contributed by atoms with Crippen LogP contribution in [0.15, 0.2) is 22.8 Å². The number of nitrogens with zero attached hydrogens (tertiary/aromatic N) is 3. The quantitative estimate of drug-likeness (QED) is 0.807. The Morgan fingerprint density at radius 2 is 2.09 bits per heavy atom. The molecule has 4 rings (SSSR count). The highest BCUT2D eigenvalue weighted by Crippen LogP contribution is 2.36. The highest BCUT2D eigenvalue weighted by Gasteiger charge is 2.46. The second-order valence-electron chi connectivity index (χ2n) is 6.97. The number of amides is 1. The van der Waals surface area contributed by atoms with Crippen molar-refractivity contribution in [1.29, 1.82) is 0 Å². The Hall–Kier alpha value is -0.980. The van der Waals surface area contributed by atoms with E-state index in [4.69, 9.17) is 4.74 Å². The maximum Gasteiger partial charge on any atom is 0.248 e. The van der Waals surface area contributed by atoms with Crippen molar-refractivity contribution in [3.63, 3.8) is 0 Å². The van der Waals surface area contributed by atoms with E-state index < -0.39 is 0 Å². The van der Waals surface area contributed by atoms with E-state index in [0.717, 1.165) is 49.2 Å². The zero-order chi connectivity index (χ0) is 15.9. The standard InChI is InChI=1S/C17H22BrN3O2/c18-13-1-2-14(19-9-13)10-20-7-5-17(6-8-20)12-21(15-3-4-15)16(22)11-23-17/h1-2,9,15H,3-8,10-12H2. The summed E-state index contributed by atoms with van der Waals surface area (Å²) in [6.45, 7) is 3.95. The number of pyridine rings is 1. The average molecular weight is 380 g/mol. The van der Waals surface area contributed by atoms with Crippen molar-refractivity contribution >= 4 is 21.8 Å². The van der Waals surface area contributed by atoms with Crippen molar-refractivity contribution in [2.24, 2.45) is 0 Å². The zero-order valence-corrected chi connectivity index (χ0v) is 14.8. The molecule has 3 heterocycles. The van der Waals surface area contributed by atoms with Crippen LogP contribution in [0.4, 0.5) is 0 Å². The first-order valence-corrected chi connectivity index (χ1v) is 9.19. The molecule has 1 saturated carbocycles. The van der Waals surface area contributed by atoms with Crippen LogP contribution in [0.5, 0.6) is 0 Å². The summed E-state index contributed by atoms with van der Waals surface area (Å²) in [5.41, 5.74) is 0.989. The number of aromatic nitrogens is 1. The van der Waals surface area contributed by atoms with Crippen molar-refractivity contribution in [1.82, 2.24) is 14.8 Å². The first kappa shape index (κ1) is 15.5. The van der Waals surface area contributed by atoms with E-state index in [9.17, 15) is 4.79 Å². The van der Waals surface area contributed by atoms with Gasteiger partial charge >= 0.3 is 0 Å². The molecular formula is C17H22BrN3O2. The number of carbonyl (C=O) groups excluding carboxylic acids is 1. The SMILES string of the molecule is O=C1COC2(CCN(Cc3ccc(Br)cn3)CC2)CN1C1CC1. The topological polar surface area (TPSA) is 45.7 Å². The molecule has 0 bridgehead atoms. The molecule has 1 amide bonds.